The first kappa shape index (κ1) is 14.3. The second-order valence-electron chi connectivity index (χ2n) is 4.88. The maximum Gasteiger partial charge on any atom is 0.226 e. The van der Waals surface area contributed by atoms with Gasteiger partial charge in [0, 0.05) is 6.54 Å². The van der Waals surface area contributed by atoms with Crippen LogP contribution in [0.25, 0.3) is 10.2 Å². The summed E-state index contributed by atoms with van der Waals surface area (Å²) in [5, 5.41) is 14.2. The van der Waals surface area contributed by atoms with E-state index in [1.807, 2.05) is 0 Å². The van der Waals surface area contributed by atoms with Crippen molar-refractivity contribution in [3.8, 4) is 0 Å². The van der Waals surface area contributed by atoms with Gasteiger partial charge in [0.05, 0.1) is 11.4 Å². The maximum absolute atomic E-state index is 4.64. The smallest absolute Gasteiger partial charge is 0.226 e. The van der Waals surface area contributed by atoms with E-state index in [1.54, 1.807) is 22.7 Å². The van der Waals surface area contributed by atoms with Gasteiger partial charge in [-0.2, -0.15) is 16.3 Å². The Morgan fingerprint density at radius 3 is 2.90 bits per heavy atom. The van der Waals surface area contributed by atoms with Gasteiger partial charge in [-0.05, 0) is 47.2 Å². The molecule has 0 aliphatic rings. The van der Waals surface area contributed by atoms with Crippen LogP contribution in [0, 0.1) is 0 Å². The Kier molecular flexibility index (Phi) is 4.36. The second-order valence-corrected chi connectivity index (χ2v) is 6.56. The number of thiophene rings is 2. The Morgan fingerprint density at radius 2 is 2.14 bits per heavy atom. The fourth-order valence-corrected chi connectivity index (χ4v) is 3.61. The van der Waals surface area contributed by atoms with E-state index in [4.69, 9.17) is 0 Å². The third-order valence-electron chi connectivity index (χ3n) is 3.25. The molecule has 6 heteroatoms. The first-order valence-corrected chi connectivity index (χ1v) is 8.88. The van der Waals surface area contributed by atoms with Crippen LogP contribution in [0.15, 0.2) is 28.3 Å². The van der Waals surface area contributed by atoms with Crippen molar-refractivity contribution in [3.05, 3.63) is 33.8 Å². The van der Waals surface area contributed by atoms with Crippen molar-refractivity contribution < 1.29 is 0 Å². The largest absolute Gasteiger partial charge is 0.363 e. The first-order valence-electron chi connectivity index (χ1n) is 7.05. The van der Waals surface area contributed by atoms with Gasteiger partial charge in [-0.25, -0.2) is 4.98 Å². The number of hydrogen-bond donors (Lipinski definition) is 2. The average molecular weight is 318 g/mol. The highest BCUT2D eigenvalue weighted by atomic mass is 32.1. The van der Waals surface area contributed by atoms with E-state index < -0.39 is 0 Å². The lowest BCUT2D eigenvalue weighted by Crippen LogP contribution is -2.10. The summed E-state index contributed by atoms with van der Waals surface area (Å²) in [5.41, 5.74) is 1.28. The Morgan fingerprint density at radius 1 is 1.24 bits per heavy atom. The highest BCUT2D eigenvalue weighted by molar-refractivity contribution is 7.16. The molecule has 0 saturated carbocycles. The summed E-state index contributed by atoms with van der Waals surface area (Å²) >= 11 is 3.36. The third kappa shape index (κ3) is 3.16. The highest BCUT2D eigenvalue weighted by Gasteiger charge is 2.12. The Labute approximate surface area is 132 Å². The predicted octanol–water partition coefficient (Wildman–Crippen LogP) is 4.75. The van der Waals surface area contributed by atoms with Gasteiger partial charge in [-0.15, -0.1) is 11.3 Å². The van der Waals surface area contributed by atoms with Crippen molar-refractivity contribution in [2.24, 2.45) is 0 Å². The SMILES string of the molecule is CCCNc1nc(NC(C)c2ccsc2)c2ccsc2n1. The molecule has 0 spiro atoms. The van der Waals surface area contributed by atoms with Gasteiger partial charge in [-0.1, -0.05) is 6.92 Å². The van der Waals surface area contributed by atoms with E-state index in [1.165, 1.54) is 5.56 Å². The molecule has 0 radical (unpaired) electrons. The van der Waals surface area contributed by atoms with Gasteiger partial charge in [0.15, 0.2) is 0 Å². The van der Waals surface area contributed by atoms with Gasteiger partial charge in [-0.3, -0.25) is 0 Å². The molecule has 1 unspecified atom stereocenters. The number of aromatic nitrogens is 2. The molecule has 3 heterocycles. The quantitative estimate of drug-likeness (QED) is 0.689. The molecule has 3 aromatic heterocycles. The molecule has 0 aromatic carbocycles. The van der Waals surface area contributed by atoms with Gasteiger partial charge in [0.1, 0.15) is 10.6 Å². The maximum atomic E-state index is 4.64. The van der Waals surface area contributed by atoms with E-state index in [0.717, 1.165) is 29.0 Å². The molecule has 3 aromatic rings. The molecule has 0 bridgehead atoms. The summed E-state index contributed by atoms with van der Waals surface area (Å²) in [4.78, 5) is 10.2. The number of anilines is 2. The molecular weight excluding hydrogens is 300 g/mol. The molecule has 0 fully saturated rings. The minimum Gasteiger partial charge on any atom is -0.363 e. The van der Waals surface area contributed by atoms with Gasteiger partial charge in [0.2, 0.25) is 5.95 Å². The van der Waals surface area contributed by atoms with Crippen LogP contribution < -0.4 is 10.6 Å². The normalized spacial score (nSPS) is 12.5. The summed E-state index contributed by atoms with van der Waals surface area (Å²) in [6.45, 7) is 5.17. The van der Waals surface area contributed by atoms with Crippen molar-refractivity contribution in [2.45, 2.75) is 26.3 Å². The van der Waals surface area contributed by atoms with Crippen LogP contribution in [0.2, 0.25) is 0 Å². The van der Waals surface area contributed by atoms with Crippen LogP contribution in [0.3, 0.4) is 0 Å². The predicted molar refractivity (Wildman–Crippen MR) is 92.6 cm³/mol. The fraction of sp³-hybridized carbons (Fsp3) is 0.333. The summed E-state index contributed by atoms with van der Waals surface area (Å²) in [7, 11) is 0. The average Bonchev–Trinajstić information content (AvgIpc) is 3.15. The number of nitrogens with zero attached hydrogens (tertiary/aromatic N) is 2. The monoisotopic (exact) mass is 318 g/mol. The minimum absolute atomic E-state index is 0.230. The standard InChI is InChI=1S/C15H18N4S2/c1-3-6-16-15-18-13(12-5-8-21-14(12)19-15)17-10(2)11-4-7-20-9-11/h4-5,7-10H,3,6H2,1-2H3,(H2,16,17,18,19). The fourth-order valence-electron chi connectivity index (χ4n) is 2.09. The van der Waals surface area contributed by atoms with Crippen LogP contribution in [0.4, 0.5) is 11.8 Å². The number of fused-ring (bicyclic) bond motifs is 1. The molecule has 0 aliphatic carbocycles. The van der Waals surface area contributed by atoms with Gasteiger partial charge >= 0.3 is 0 Å². The lowest BCUT2D eigenvalue weighted by molar-refractivity contribution is 0.879. The molecule has 21 heavy (non-hydrogen) atoms. The molecule has 3 rings (SSSR count). The van der Waals surface area contributed by atoms with Gasteiger partial charge in [0.25, 0.3) is 0 Å². The summed E-state index contributed by atoms with van der Waals surface area (Å²) in [6, 6.07) is 4.45. The van der Waals surface area contributed by atoms with E-state index in [-0.39, 0.29) is 6.04 Å². The van der Waals surface area contributed by atoms with E-state index in [9.17, 15) is 0 Å². The number of rotatable bonds is 6. The van der Waals surface area contributed by atoms with Crippen LogP contribution in [-0.4, -0.2) is 16.5 Å². The van der Waals surface area contributed by atoms with Crippen molar-refractivity contribution in [1.82, 2.24) is 9.97 Å². The summed E-state index contributed by atoms with van der Waals surface area (Å²) in [5.74, 6) is 1.60. The van der Waals surface area contributed by atoms with Crippen molar-refractivity contribution in [3.63, 3.8) is 0 Å². The second kappa shape index (κ2) is 6.41. The van der Waals surface area contributed by atoms with E-state index in [0.29, 0.717) is 5.95 Å². The molecule has 110 valence electrons. The van der Waals surface area contributed by atoms with Crippen LogP contribution >= 0.6 is 22.7 Å². The summed E-state index contributed by atoms with van der Waals surface area (Å²) < 4.78 is 0. The molecule has 1 atom stereocenters. The molecule has 4 nitrogen and oxygen atoms in total. The molecular formula is C15H18N4S2. The zero-order valence-electron chi connectivity index (χ0n) is 12.1. The van der Waals surface area contributed by atoms with Crippen LogP contribution in [-0.2, 0) is 0 Å². The minimum atomic E-state index is 0.230. The Hall–Kier alpha value is -1.66. The van der Waals surface area contributed by atoms with Crippen molar-refractivity contribution in [1.29, 1.82) is 0 Å². The lowest BCUT2D eigenvalue weighted by Gasteiger charge is -2.15. The van der Waals surface area contributed by atoms with E-state index >= 15 is 0 Å². The van der Waals surface area contributed by atoms with Crippen LogP contribution in [0.5, 0.6) is 0 Å². The zero-order valence-corrected chi connectivity index (χ0v) is 13.7. The van der Waals surface area contributed by atoms with Crippen LogP contribution in [0.1, 0.15) is 31.9 Å². The Bertz CT molecular complexity index is 706. The molecule has 0 saturated heterocycles. The van der Waals surface area contributed by atoms with Crippen molar-refractivity contribution >= 4 is 44.7 Å². The van der Waals surface area contributed by atoms with Gasteiger partial charge < -0.3 is 10.6 Å². The lowest BCUT2D eigenvalue weighted by atomic mass is 10.2. The molecule has 0 aliphatic heterocycles. The molecule has 0 amide bonds. The van der Waals surface area contributed by atoms with Crippen molar-refractivity contribution in [2.75, 3.05) is 17.2 Å². The topological polar surface area (TPSA) is 49.8 Å². The Balaban J connectivity index is 1.90. The number of hydrogen-bond acceptors (Lipinski definition) is 6. The molecule has 2 N–H and O–H groups in total. The highest BCUT2D eigenvalue weighted by Crippen LogP contribution is 2.29. The zero-order chi connectivity index (χ0) is 14.7. The first-order chi connectivity index (χ1) is 10.3. The third-order valence-corrected chi connectivity index (χ3v) is 4.76. The van der Waals surface area contributed by atoms with E-state index in [2.05, 4.69) is 62.7 Å². The summed E-state index contributed by atoms with van der Waals surface area (Å²) in [6.07, 6.45) is 1.06. The number of nitrogens with one attached hydrogen (secondary N) is 2.